The molecule has 98 valence electrons. The van der Waals surface area contributed by atoms with Crippen molar-refractivity contribution in [3.05, 3.63) is 56.6 Å². The second-order valence-electron chi connectivity index (χ2n) is 3.65. The number of hydrogen-bond donors (Lipinski definition) is 4. The van der Waals surface area contributed by atoms with Crippen molar-refractivity contribution in [2.75, 3.05) is 0 Å². The summed E-state index contributed by atoms with van der Waals surface area (Å²) in [5.74, 6) is -0.876. The number of amides is 1. The highest BCUT2D eigenvalue weighted by Gasteiger charge is 2.12. The van der Waals surface area contributed by atoms with Crippen LogP contribution in [0.3, 0.4) is 0 Å². The van der Waals surface area contributed by atoms with Crippen LogP contribution in [0, 0.1) is 0 Å². The molecule has 8 nitrogen and oxygen atoms in total. The molecule has 0 aliphatic heterocycles. The molecule has 0 unspecified atom stereocenters. The number of nitrogens with zero attached hydrogens (tertiary/aromatic N) is 1. The number of carbonyl (C=O) groups is 1. The normalized spacial score (nSPS) is 10.1. The first-order valence-electron chi connectivity index (χ1n) is 5.31. The van der Waals surface area contributed by atoms with Gasteiger partial charge in [-0.1, -0.05) is 0 Å². The molecule has 0 spiro atoms. The minimum absolute atomic E-state index is 0.0963. The quantitative estimate of drug-likeness (QED) is 0.569. The minimum Gasteiger partial charge on any atom is -0.505 e. The molecule has 8 heteroatoms. The zero-order valence-corrected chi connectivity index (χ0v) is 9.64. The smallest absolute Gasteiger partial charge is 0.325 e. The van der Waals surface area contributed by atoms with Crippen LogP contribution in [0.15, 0.2) is 34.1 Å². The van der Waals surface area contributed by atoms with Crippen LogP contribution in [-0.2, 0) is 6.54 Å². The highest BCUT2D eigenvalue weighted by Crippen LogP contribution is 2.11. The van der Waals surface area contributed by atoms with E-state index in [0.29, 0.717) is 0 Å². The van der Waals surface area contributed by atoms with Gasteiger partial charge in [0, 0.05) is 12.4 Å². The maximum absolute atomic E-state index is 11.7. The Hall–Kier alpha value is -2.90. The van der Waals surface area contributed by atoms with E-state index in [1.807, 2.05) is 4.98 Å². The molecular formula is C11H10N4O4. The molecule has 0 aliphatic rings. The number of rotatable bonds is 3. The Morgan fingerprint density at radius 3 is 2.89 bits per heavy atom. The van der Waals surface area contributed by atoms with Crippen molar-refractivity contribution in [3.63, 3.8) is 0 Å². The third-order valence-corrected chi connectivity index (χ3v) is 2.34. The van der Waals surface area contributed by atoms with Crippen LogP contribution in [0.2, 0.25) is 0 Å². The van der Waals surface area contributed by atoms with Gasteiger partial charge in [0.15, 0.2) is 5.69 Å². The third kappa shape index (κ3) is 2.86. The van der Waals surface area contributed by atoms with E-state index in [0.717, 1.165) is 0 Å². The summed E-state index contributed by atoms with van der Waals surface area (Å²) in [7, 11) is 0. The van der Waals surface area contributed by atoms with Crippen LogP contribution in [0.5, 0.6) is 5.75 Å². The number of aromatic hydroxyl groups is 1. The number of carbonyl (C=O) groups excluding carboxylic acids is 1. The van der Waals surface area contributed by atoms with Crippen molar-refractivity contribution in [1.29, 1.82) is 0 Å². The lowest BCUT2D eigenvalue weighted by molar-refractivity contribution is 0.0943. The van der Waals surface area contributed by atoms with E-state index in [1.165, 1.54) is 24.5 Å². The lowest BCUT2D eigenvalue weighted by atomic mass is 10.3. The highest BCUT2D eigenvalue weighted by atomic mass is 16.3. The number of nitrogens with one attached hydrogen (secondary N) is 3. The number of aromatic nitrogens is 3. The summed E-state index contributed by atoms with van der Waals surface area (Å²) >= 11 is 0. The average molecular weight is 262 g/mol. The molecule has 1 amide bonds. The summed E-state index contributed by atoms with van der Waals surface area (Å²) < 4.78 is 0. The van der Waals surface area contributed by atoms with Crippen LogP contribution < -0.4 is 16.6 Å². The molecule has 2 aromatic rings. The largest absolute Gasteiger partial charge is 0.505 e. The molecule has 2 rings (SSSR count). The van der Waals surface area contributed by atoms with E-state index in [4.69, 9.17) is 0 Å². The topological polar surface area (TPSA) is 128 Å². The van der Waals surface area contributed by atoms with Crippen LogP contribution in [-0.4, -0.2) is 26.0 Å². The zero-order valence-electron chi connectivity index (χ0n) is 9.64. The van der Waals surface area contributed by atoms with E-state index in [2.05, 4.69) is 15.3 Å². The molecule has 0 aromatic carbocycles. The summed E-state index contributed by atoms with van der Waals surface area (Å²) in [4.78, 5) is 41.9. The van der Waals surface area contributed by atoms with Gasteiger partial charge in [-0.2, -0.15) is 0 Å². The van der Waals surface area contributed by atoms with E-state index < -0.39 is 17.2 Å². The maximum atomic E-state index is 11.7. The summed E-state index contributed by atoms with van der Waals surface area (Å²) in [5.41, 5.74) is -1.16. The van der Waals surface area contributed by atoms with Crippen LogP contribution in [0.4, 0.5) is 0 Å². The molecule has 0 atom stereocenters. The van der Waals surface area contributed by atoms with Crippen molar-refractivity contribution >= 4 is 5.91 Å². The van der Waals surface area contributed by atoms with Crippen LogP contribution in [0.25, 0.3) is 0 Å². The molecule has 0 fully saturated rings. The van der Waals surface area contributed by atoms with Gasteiger partial charge in [0.1, 0.15) is 5.75 Å². The summed E-state index contributed by atoms with van der Waals surface area (Å²) in [6.07, 6.45) is 2.57. The molecule has 0 bridgehead atoms. The van der Waals surface area contributed by atoms with Gasteiger partial charge in [-0.05, 0) is 12.1 Å². The predicted molar refractivity (Wildman–Crippen MR) is 64.8 cm³/mol. The number of aromatic amines is 2. The number of hydrogen-bond acceptors (Lipinski definition) is 5. The Bertz CT molecular complexity index is 719. The molecule has 0 radical (unpaired) electrons. The molecule has 0 saturated heterocycles. The minimum atomic E-state index is -0.623. The van der Waals surface area contributed by atoms with Crippen molar-refractivity contribution in [3.8, 4) is 5.75 Å². The predicted octanol–water partition coefficient (Wildman–Crippen LogP) is -0.906. The van der Waals surface area contributed by atoms with Gasteiger partial charge in [-0.25, -0.2) is 9.78 Å². The highest BCUT2D eigenvalue weighted by molar-refractivity contribution is 5.94. The first kappa shape index (κ1) is 12.6. The Kier molecular flexibility index (Phi) is 3.42. The first-order valence-corrected chi connectivity index (χ1v) is 5.31. The lowest BCUT2D eigenvalue weighted by Crippen LogP contribution is -2.30. The summed E-state index contributed by atoms with van der Waals surface area (Å²) in [6.45, 7) is -0.0963. The monoisotopic (exact) mass is 262 g/mol. The molecule has 0 aliphatic carbocycles. The van der Waals surface area contributed by atoms with Crippen molar-refractivity contribution in [1.82, 2.24) is 20.3 Å². The Labute approximate surface area is 106 Å². The fourth-order valence-electron chi connectivity index (χ4n) is 1.40. The molecular weight excluding hydrogens is 252 g/mol. The lowest BCUT2D eigenvalue weighted by Gasteiger charge is -2.04. The van der Waals surface area contributed by atoms with Crippen molar-refractivity contribution in [2.24, 2.45) is 0 Å². The fourth-order valence-corrected chi connectivity index (χ4v) is 1.40. The van der Waals surface area contributed by atoms with Gasteiger partial charge < -0.3 is 15.4 Å². The van der Waals surface area contributed by atoms with E-state index in [9.17, 15) is 19.5 Å². The van der Waals surface area contributed by atoms with Gasteiger partial charge >= 0.3 is 5.69 Å². The van der Waals surface area contributed by atoms with Gasteiger partial charge in [0.2, 0.25) is 0 Å². The van der Waals surface area contributed by atoms with Gasteiger partial charge in [0.25, 0.3) is 11.5 Å². The SMILES string of the molecule is O=C(NCc1c[nH]c(=O)[nH]c1=O)c1ncccc1O. The Morgan fingerprint density at radius 1 is 1.42 bits per heavy atom. The van der Waals surface area contributed by atoms with Crippen molar-refractivity contribution in [2.45, 2.75) is 6.54 Å². The first-order chi connectivity index (χ1) is 9.08. The zero-order chi connectivity index (χ0) is 13.8. The van der Waals surface area contributed by atoms with E-state index >= 15 is 0 Å². The number of H-pyrrole nitrogens is 2. The summed E-state index contributed by atoms with van der Waals surface area (Å²) in [5, 5.41) is 11.8. The average Bonchev–Trinajstić information content (AvgIpc) is 2.38. The van der Waals surface area contributed by atoms with Crippen LogP contribution in [0.1, 0.15) is 16.1 Å². The standard InChI is InChI=1S/C11H10N4O4/c16-7-2-1-3-12-8(7)10(18)13-4-6-5-14-11(19)15-9(6)17/h1-3,5,16H,4H2,(H,13,18)(H2,14,15,17,19). The maximum Gasteiger partial charge on any atom is 0.325 e. The fraction of sp³-hybridized carbons (Fsp3) is 0.0909. The van der Waals surface area contributed by atoms with E-state index in [1.54, 1.807) is 0 Å². The molecule has 0 saturated carbocycles. The van der Waals surface area contributed by atoms with Crippen molar-refractivity contribution < 1.29 is 9.90 Å². The van der Waals surface area contributed by atoms with Gasteiger partial charge in [0.05, 0.1) is 12.1 Å². The second kappa shape index (κ2) is 5.17. The van der Waals surface area contributed by atoms with E-state index in [-0.39, 0.29) is 23.6 Å². The second-order valence-corrected chi connectivity index (χ2v) is 3.65. The third-order valence-electron chi connectivity index (χ3n) is 2.34. The van der Waals surface area contributed by atoms with Gasteiger partial charge in [-0.15, -0.1) is 0 Å². The molecule has 19 heavy (non-hydrogen) atoms. The number of pyridine rings is 1. The molecule has 2 aromatic heterocycles. The van der Waals surface area contributed by atoms with Crippen LogP contribution >= 0.6 is 0 Å². The van der Waals surface area contributed by atoms with Gasteiger partial charge in [-0.3, -0.25) is 14.6 Å². The molecule has 4 N–H and O–H groups in total. The molecule has 2 heterocycles. The summed E-state index contributed by atoms with van der Waals surface area (Å²) in [6, 6.07) is 2.81. The Morgan fingerprint density at radius 2 is 2.21 bits per heavy atom. The Balaban J connectivity index is 2.11.